The SMILES string of the molecule is C=C1N=C(N)C=CN1[C@@H]1O[C@](CCl)(COC(=O)CC)[C@@H](OC(=O)CC)[C@H]1F.C=C1N=C(N)C=CN1[C@@H]1O[C@](CCl)(COP(=O)(OCOC(=O)OC(C)C)OCOC(=O)OC(C)C)[C@@H](O)[C@H]1F.CC[C@]1(COP(=O)(OCOC(=O)C(C)(C)C)OCOC(=O)C(C)(C)C)O[C@@H](n2cnc3c(=O)[nH]c(C)nc32)[C@H](F)[C@@H]1O.Cc1nc2c(ncn2[C@@H]2O[C@](C)(COP(=O)(OCOC(=O)C(C)(C)C)OCOC(=O)C(C)(C)C)[C@@H](O)[C@H]2F)c(=O)[nH]1. The third-order valence-electron chi connectivity index (χ3n) is 21.4. The molecule has 0 bridgehead atoms. The zero-order chi connectivity index (χ0) is 112. The average molecular weight is 2230 g/mol. The summed E-state index contributed by atoms with van der Waals surface area (Å²) >= 11 is 12.1. The number of esters is 6. The molecule has 53 nitrogen and oxygen atoms in total. The van der Waals surface area contributed by atoms with Crippen LogP contribution in [0, 0.1) is 35.5 Å². The van der Waals surface area contributed by atoms with Crippen molar-refractivity contribution in [3.63, 3.8) is 0 Å². The van der Waals surface area contributed by atoms with Gasteiger partial charge in [-0.05, 0) is 150 Å². The molecule has 0 radical (unpaired) electrons. The third-order valence-corrected chi connectivity index (χ3v) is 26.2. The first-order valence-corrected chi connectivity index (χ1v) is 51.2. The van der Waals surface area contributed by atoms with Crippen LogP contribution in [0.1, 0.15) is 182 Å². The highest BCUT2D eigenvalue weighted by Crippen LogP contribution is 2.56. The van der Waals surface area contributed by atoms with Crippen LogP contribution in [0.3, 0.4) is 0 Å². The van der Waals surface area contributed by atoms with Crippen LogP contribution < -0.4 is 22.6 Å². The Kier molecular flexibility index (Phi) is 44.3. The van der Waals surface area contributed by atoms with Gasteiger partial charge in [-0.15, -0.1) is 23.2 Å². The van der Waals surface area contributed by atoms with Gasteiger partial charge in [-0.3, -0.25) is 61.1 Å². The van der Waals surface area contributed by atoms with E-state index in [4.69, 9.17) is 132 Å². The molecule has 0 saturated carbocycles. The van der Waals surface area contributed by atoms with Gasteiger partial charge in [0.1, 0.15) is 76.7 Å². The number of nitrogens with zero attached hydrogens (tertiary/aromatic N) is 10. The maximum absolute atomic E-state index is 15.5. The molecule has 6 aliphatic heterocycles. The summed E-state index contributed by atoms with van der Waals surface area (Å²) in [6.45, 7) is 33.8. The van der Waals surface area contributed by atoms with Crippen molar-refractivity contribution >= 4 is 129 Å². The van der Waals surface area contributed by atoms with Gasteiger partial charge in [0.25, 0.3) is 11.1 Å². The number of nitrogens with one attached hydrogen (secondary N) is 2. The Hall–Kier alpha value is -10.1. The molecule has 149 heavy (non-hydrogen) atoms. The molecule has 4 saturated heterocycles. The van der Waals surface area contributed by atoms with E-state index in [1.54, 1.807) is 132 Å². The molecule has 62 heteroatoms. The number of alkyl halides is 6. The fourth-order valence-corrected chi connectivity index (χ4v) is 16.6. The number of aromatic amines is 2. The van der Waals surface area contributed by atoms with Crippen LogP contribution >= 0.6 is 46.7 Å². The number of hydrogen-bond acceptors (Lipinski definition) is 49. The number of aliphatic hydroxyl groups is 3. The number of fused-ring (bicyclic) bond motifs is 2. The van der Waals surface area contributed by atoms with E-state index in [9.17, 15) is 77.0 Å². The zero-order valence-corrected chi connectivity index (χ0v) is 90.0. The summed E-state index contributed by atoms with van der Waals surface area (Å²) in [7, 11) is -14.1. The molecule has 0 aliphatic carbocycles. The maximum Gasteiger partial charge on any atom is 0.510 e. The normalized spacial score (nSPS) is 25.1. The highest BCUT2D eigenvalue weighted by atomic mass is 35.5. The number of H-pyrrole nitrogens is 2. The number of halogens is 6. The lowest BCUT2D eigenvalue weighted by Crippen LogP contribution is -2.50. The molecule has 4 aromatic rings. The molecule has 6 aliphatic rings. The van der Waals surface area contributed by atoms with Gasteiger partial charge in [-0.2, -0.15) is 0 Å². The summed E-state index contributed by atoms with van der Waals surface area (Å²) in [5.41, 5.74) is -0.682. The van der Waals surface area contributed by atoms with Gasteiger partial charge in [-0.25, -0.2) is 97.9 Å². The maximum atomic E-state index is 15.5. The zero-order valence-electron chi connectivity index (χ0n) is 85.8. The molecular formula is C87H129Cl2F4N14O39P3. The Bertz CT molecular complexity index is 5690. The van der Waals surface area contributed by atoms with Gasteiger partial charge in [0.15, 0.2) is 83.6 Å². The molecule has 10 heterocycles. The van der Waals surface area contributed by atoms with Gasteiger partial charge in [0.05, 0.1) is 78.1 Å². The monoisotopic (exact) mass is 2230 g/mol. The second kappa shape index (κ2) is 52.5. The number of ether oxygens (including phenoxy) is 14. The third kappa shape index (κ3) is 33.5. The number of nitrogens with two attached hydrogens (primary N) is 2. The summed E-state index contributed by atoms with van der Waals surface area (Å²) in [6.07, 6.45) is -15.8. The lowest BCUT2D eigenvalue weighted by molar-refractivity contribution is -0.174. The molecule has 0 amide bonds. The van der Waals surface area contributed by atoms with Gasteiger partial charge in [0, 0.05) is 25.2 Å². The Balaban J connectivity index is 0.000000272. The Morgan fingerprint density at radius 2 is 0.805 bits per heavy atom. The molecule has 0 aromatic carbocycles. The first-order chi connectivity index (χ1) is 69.1. The van der Waals surface area contributed by atoms with E-state index in [1.807, 2.05) is 0 Å². The predicted octanol–water partition coefficient (Wildman–Crippen LogP) is 10.2. The summed E-state index contributed by atoms with van der Waals surface area (Å²) < 4.78 is 223. The summed E-state index contributed by atoms with van der Waals surface area (Å²) in [6, 6.07) is 0. The van der Waals surface area contributed by atoms with Gasteiger partial charge < -0.3 is 113 Å². The number of aliphatic hydroxyl groups excluding tert-OH is 3. The van der Waals surface area contributed by atoms with Crippen LogP contribution in [0.4, 0.5) is 27.2 Å². The number of phosphoric acid groups is 3. The van der Waals surface area contributed by atoms with E-state index in [2.05, 4.69) is 62.5 Å². The molecule has 4 aromatic heterocycles. The minimum Gasteiger partial charge on any atom is -0.462 e. The van der Waals surface area contributed by atoms with Crippen LogP contribution in [-0.4, -0.2) is 299 Å². The van der Waals surface area contributed by atoms with E-state index >= 15 is 17.6 Å². The minimum atomic E-state index is -4.75. The van der Waals surface area contributed by atoms with E-state index < -0.39 is 279 Å². The Labute approximate surface area is 862 Å². The topological polar surface area (TPSA) is 671 Å². The smallest absolute Gasteiger partial charge is 0.462 e. The number of carbonyl (C=O) groups excluding carboxylic acids is 8. The quantitative estimate of drug-likeness (QED) is 0.00542. The number of phosphoric ester groups is 3. The van der Waals surface area contributed by atoms with Crippen molar-refractivity contribution in [1.29, 1.82) is 0 Å². The minimum absolute atomic E-state index is 0.0225. The summed E-state index contributed by atoms with van der Waals surface area (Å²) in [5, 5.41) is 32.3. The lowest BCUT2D eigenvalue weighted by atomic mass is 9.94. The van der Waals surface area contributed by atoms with E-state index in [0.29, 0.717) is 0 Å². The summed E-state index contributed by atoms with van der Waals surface area (Å²) in [5.74, 6) is -3.66. The first kappa shape index (κ1) is 126. The van der Waals surface area contributed by atoms with Crippen LogP contribution in [0.25, 0.3) is 22.3 Å². The Morgan fingerprint density at radius 3 is 1.16 bits per heavy atom. The van der Waals surface area contributed by atoms with E-state index in [0.717, 1.165) is 17.2 Å². The van der Waals surface area contributed by atoms with E-state index in [-0.39, 0.29) is 89.0 Å². The number of rotatable bonds is 41. The van der Waals surface area contributed by atoms with Crippen molar-refractivity contribution in [3.05, 3.63) is 94.4 Å². The van der Waals surface area contributed by atoms with Gasteiger partial charge in [0.2, 0.25) is 40.8 Å². The van der Waals surface area contributed by atoms with Crippen molar-refractivity contribution in [1.82, 2.24) is 48.8 Å². The number of aromatic nitrogens is 8. The van der Waals surface area contributed by atoms with Crippen LogP contribution in [0.2, 0.25) is 0 Å². The molecular weight excluding hydrogens is 2100 g/mol. The molecule has 9 N–H and O–H groups in total. The molecule has 0 spiro atoms. The van der Waals surface area contributed by atoms with Crippen molar-refractivity contribution in [2.24, 2.45) is 43.1 Å². The van der Waals surface area contributed by atoms with Gasteiger partial charge >= 0.3 is 71.6 Å². The molecule has 4 fully saturated rings. The number of hydrogen-bond donors (Lipinski definition) is 7. The van der Waals surface area contributed by atoms with Crippen molar-refractivity contribution in [3.8, 4) is 0 Å². The van der Waals surface area contributed by atoms with Crippen LogP contribution in [0.15, 0.2) is 81.6 Å². The number of aryl methyl sites for hydroxylation is 2. The number of carbonyl (C=O) groups is 8. The average Bonchev–Trinajstić information content (AvgIpc) is 1.60. The fraction of sp³-hybridized carbons (Fsp3) is 0.678. The Morgan fingerprint density at radius 1 is 0.477 bits per heavy atom. The standard InChI is InChI=1S/C25H38FN4O11P.C24H36FN4O11P.C21H32ClFN3O12P.C17H23ClFN3O5/c1-9-25(17(31)15(26)20(41-25)30-11-27-16-18(30)28-14(2)29-19(16)32)10-38-42(35,39-12-36-21(33)23(3,4)5)40-13-37-22(34)24(6,7)8;1-13-27-17-15(18(31)28-13)26-10-29(17)19-14(25)16(30)24(8,40-19)9-37-41(34,38-11-35-20(32)22(2,3)4)39-12-36-21(33)23(5,6)7;1-12(2)36-19(28)31-10-34-39(30,35-11-32-20(29)37-13(3)4)33-9-21(8-22)17(27)16(23)18(38-21)26-7-6-15(24)25-14(26)5;1-4-12(23)25-9-17(8-18)15(26-13(24)5-2)14(19)16(27-17)22-7-6-11(20)21-10(22)3/h11,15,17,20,31H,9-10,12-13H2,1-8H3,(H,28,29,32);10,14,16,19,30H,9,11-12H2,1-8H3,(H,27,28,31);6-7,12-13,16-18,27H,5,8-11H2,1-4H3,(H2,24,25);6-7,14-16H,3-5,8-9H2,1-2H3,(H2,20,21)/t15-,17+,20-,25-;14-,16+,19-,24-;16-,17+,18-,21-;14-,15+,16-,17-/m1111/s1. The first-order valence-electron chi connectivity index (χ1n) is 45.7. The van der Waals surface area contributed by atoms with Crippen LogP contribution in [0.5, 0.6) is 0 Å². The number of amidine groups is 2. The van der Waals surface area contributed by atoms with Crippen LogP contribution in [-0.2, 0) is 149 Å². The molecule has 16 atom stereocenters. The van der Waals surface area contributed by atoms with Crippen molar-refractivity contribution in [2.75, 3.05) is 78.9 Å². The second-order valence-electron chi connectivity index (χ2n) is 38.3. The molecule has 0 unspecified atom stereocenters. The van der Waals surface area contributed by atoms with Gasteiger partial charge in [-0.1, -0.05) is 33.9 Å². The van der Waals surface area contributed by atoms with Crippen molar-refractivity contribution in [2.45, 2.75) is 280 Å². The molecule has 838 valence electrons. The number of imidazole rings is 2. The van der Waals surface area contributed by atoms with Crippen molar-refractivity contribution < 1.29 is 192 Å². The lowest BCUT2D eigenvalue weighted by Gasteiger charge is -2.33. The molecule has 10 rings (SSSR count). The summed E-state index contributed by atoms with van der Waals surface area (Å²) in [4.78, 5) is 151. The fourth-order valence-electron chi connectivity index (χ4n) is 13.0. The largest absolute Gasteiger partial charge is 0.510 e. The highest BCUT2D eigenvalue weighted by molar-refractivity contribution is 7.49. The predicted molar refractivity (Wildman–Crippen MR) is 511 cm³/mol. The second-order valence-corrected chi connectivity index (χ2v) is 43.9. The number of aliphatic imine (C=N–C) groups is 2. The highest BCUT2D eigenvalue weighted by Gasteiger charge is 2.63. The van der Waals surface area contributed by atoms with E-state index in [1.165, 1.54) is 59.7 Å².